The van der Waals surface area contributed by atoms with E-state index in [1.54, 1.807) is 6.92 Å². The average Bonchev–Trinajstić information content (AvgIpc) is 2.24. The number of nitrogens with one attached hydrogen (secondary N) is 2. The summed E-state index contributed by atoms with van der Waals surface area (Å²) in [4.78, 5) is 22.3. The lowest BCUT2D eigenvalue weighted by Crippen LogP contribution is -2.45. The highest BCUT2D eigenvalue weighted by atomic mass is 16.4. The molecule has 0 fully saturated rings. The molecule has 2 unspecified atom stereocenters. The maximum absolute atomic E-state index is 11.5. The third kappa shape index (κ3) is 5.67. The van der Waals surface area contributed by atoms with Gasteiger partial charge in [-0.15, -0.1) is 0 Å². The zero-order chi connectivity index (χ0) is 12.6. The maximum Gasteiger partial charge on any atom is 0.326 e. The fourth-order valence-corrected chi connectivity index (χ4v) is 1.15. The Morgan fingerprint density at radius 2 is 2.00 bits per heavy atom. The first kappa shape index (κ1) is 14.9. The maximum atomic E-state index is 11.5. The molecule has 0 aliphatic rings. The van der Waals surface area contributed by atoms with E-state index in [-0.39, 0.29) is 24.9 Å². The second-order valence-corrected chi connectivity index (χ2v) is 3.62. The monoisotopic (exact) mass is 232 g/mol. The van der Waals surface area contributed by atoms with E-state index in [9.17, 15) is 9.59 Å². The summed E-state index contributed by atoms with van der Waals surface area (Å²) < 4.78 is 0. The van der Waals surface area contributed by atoms with Crippen LogP contribution in [0.4, 0.5) is 0 Å². The topological polar surface area (TPSA) is 98.7 Å². The smallest absolute Gasteiger partial charge is 0.326 e. The molecule has 0 spiro atoms. The molecule has 0 aliphatic heterocycles. The normalized spacial score (nSPS) is 14.2. The summed E-state index contributed by atoms with van der Waals surface area (Å²) in [7, 11) is 0. The molecule has 0 aromatic heterocycles. The van der Waals surface area contributed by atoms with Gasteiger partial charge in [-0.05, 0) is 6.54 Å². The Morgan fingerprint density at radius 3 is 2.44 bits per heavy atom. The van der Waals surface area contributed by atoms with Gasteiger partial charge in [0.15, 0.2) is 0 Å². The molecule has 0 rings (SSSR count). The Hall–Kier alpha value is -1.14. The van der Waals surface area contributed by atoms with E-state index < -0.39 is 12.0 Å². The number of aliphatic hydroxyl groups is 1. The molecular formula is C10H20N2O4. The third-order valence-electron chi connectivity index (χ3n) is 2.18. The molecular weight excluding hydrogens is 212 g/mol. The number of aliphatic carboxylic acids is 1. The van der Waals surface area contributed by atoms with Crippen molar-refractivity contribution in [3.05, 3.63) is 0 Å². The van der Waals surface area contributed by atoms with Crippen LogP contribution in [0.1, 0.15) is 20.3 Å². The van der Waals surface area contributed by atoms with Crippen molar-refractivity contribution in [3.8, 4) is 0 Å². The van der Waals surface area contributed by atoms with Gasteiger partial charge in [-0.2, -0.15) is 0 Å². The van der Waals surface area contributed by atoms with Gasteiger partial charge in [0.2, 0.25) is 5.91 Å². The summed E-state index contributed by atoms with van der Waals surface area (Å²) in [6.45, 7) is 4.65. The lowest BCUT2D eigenvalue weighted by Gasteiger charge is -2.17. The van der Waals surface area contributed by atoms with Crippen molar-refractivity contribution in [2.75, 3.05) is 19.7 Å². The highest BCUT2D eigenvalue weighted by Gasteiger charge is 2.21. The van der Waals surface area contributed by atoms with Gasteiger partial charge in [-0.25, -0.2) is 4.79 Å². The van der Waals surface area contributed by atoms with E-state index in [0.29, 0.717) is 6.54 Å². The fraction of sp³-hybridized carbons (Fsp3) is 0.800. The lowest BCUT2D eigenvalue weighted by atomic mass is 10.1. The number of carbonyl (C=O) groups is 2. The van der Waals surface area contributed by atoms with E-state index in [1.807, 2.05) is 6.92 Å². The largest absolute Gasteiger partial charge is 0.480 e. The highest BCUT2D eigenvalue weighted by Crippen LogP contribution is 1.97. The van der Waals surface area contributed by atoms with Crippen LogP contribution in [0.3, 0.4) is 0 Å². The van der Waals surface area contributed by atoms with E-state index >= 15 is 0 Å². The molecule has 94 valence electrons. The lowest BCUT2D eigenvalue weighted by molar-refractivity contribution is -0.142. The highest BCUT2D eigenvalue weighted by molar-refractivity contribution is 5.84. The van der Waals surface area contributed by atoms with Crippen LogP contribution in [0.2, 0.25) is 0 Å². The Bertz CT molecular complexity index is 233. The van der Waals surface area contributed by atoms with Crippen LogP contribution in [0.15, 0.2) is 0 Å². The van der Waals surface area contributed by atoms with Crippen LogP contribution in [0.25, 0.3) is 0 Å². The molecule has 16 heavy (non-hydrogen) atoms. The van der Waals surface area contributed by atoms with Gasteiger partial charge in [-0.3, -0.25) is 4.79 Å². The van der Waals surface area contributed by atoms with Crippen LogP contribution in [0.5, 0.6) is 0 Å². The van der Waals surface area contributed by atoms with Gasteiger partial charge in [0.1, 0.15) is 6.04 Å². The van der Waals surface area contributed by atoms with Crippen LogP contribution in [0, 0.1) is 5.92 Å². The number of rotatable bonds is 8. The van der Waals surface area contributed by atoms with Crippen molar-refractivity contribution < 1.29 is 19.8 Å². The summed E-state index contributed by atoms with van der Waals surface area (Å²) in [6, 6.07) is -1.01. The number of carbonyl (C=O) groups excluding carboxylic acids is 1. The molecule has 0 heterocycles. The number of aliphatic hydroxyl groups excluding tert-OH is 1. The molecule has 0 bridgehead atoms. The van der Waals surface area contributed by atoms with E-state index in [2.05, 4.69) is 10.6 Å². The summed E-state index contributed by atoms with van der Waals surface area (Å²) in [5.74, 6) is -1.74. The molecule has 0 saturated carbocycles. The van der Waals surface area contributed by atoms with Crippen LogP contribution in [-0.2, 0) is 9.59 Å². The minimum absolute atomic E-state index is 0.0228. The second-order valence-electron chi connectivity index (χ2n) is 3.62. The van der Waals surface area contributed by atoms with Crippen molar-refractivity contribution in [2.24, 2.45) is 5.92 Å². The summed E-state index contributed by atoms with van der Waals surface area (Å²) in [6.07, 6.45) is 0.0228. The minimum Gasteiger partial charge on any atom is -0.480 e. The molecule has 0 aromatic carbocycles. The van der Waals surface area contributed by atoms with Crippen LogP contribution >= 0.6 is 0 Å². The SMILES string of the molecule is CCNCC(C)C(=O)NC(CCO)C(=O)O. The summed E-state index contributed by atoms with van der Waals surface area (Å²) in [5.41, 5.74) is 0. The Kier molecular flexibility index (Phi) is 7.49. The standard InChI is InChI=1S/C10H20N2O4/c1-3-11-6-7(2)9(14)12-8(4-5-13)10(15)16/h7-8,11,13H,3-6H2,1-2H3,(H,12,14)(H,15,16). The van der Waals surface area contributed by atoms with Gasteiger partial charge in [-0.1, -0.05) is 13.8 Å². The third-order valence-corrected chi connectivity index (χ3v) is 2.18. The predicted molar refractivity (Wildman–Crippen MR) is 59.0 cm³/mol. The molecule has 4 N–H and O–H groups in total. The number of hydrogen-bond acceptors (Lipinski definition) is 4. The molecule has 0 radical (unpaired) electrons. The predicted octanol–water partition coefficient (Wildman–Crippen LogP) is -0.816. The average molecular weight is 232 g/mol. The first-order valence-electron chi connectivity index (χ1n) is 5.37. The Balaban J connectivity index is 4.12. The van der Waals surface area contributed by atoms with Crippen molar-refractivity contribution in [2.45, 2.75) is 26.3 Å². The van der Waals surface area contributed by atoms with Crippen molar-refractivity contribution in [1.29, 1.82) is 0 Å². The van der Waals surface area contributed by atoms with Crippen LogP contribution < -0.4 is 10.6 Å². The number of amides is 1. The Morgan fingerprint density at radius 1 is 1.38 bits per heavy atom. The van der Waals surface area contributed by atoms with Crippen molar-refractivity contribution >= 4 is 11.9 Å². The molecule has 2 atom stereocenters. The number of hydrogen-bond donors (Lipinski definition) is 4. The molecule has 0 saturated heterocycles. The van der Waals surface area contributed by atoms with Crippen molar-refractivity contribution in [3.63, 3.8) is 0 Å². The van der Waals surface area contributed by atoms with Crippen LogP contribution in [-0.4, -0.2) is 47.8 Å². The minimum atomic E-state index is -1.13. The summed E-state index contributed by atoms with van der Waals surface area (Å²) >= 11 is 0. The Labute approximate surface area is 95.0 Å². The zero-order valence-corrected chi connectivity index (χ0v) is 9.69. The molecule has 0 aromatic rings. The van der Waals surface area contributed by atoms with Gasteiger partial charge in [0.25, 0.3) is 0 Å². The second kappa shape index (κ2) is 8.06. The number of carboxylic acids is 1. The van der Waals surface area contributed by atoms with E-state index in [4.69, 9.17) is 10.2 Å². The van der Waals surface area contributed by atoms with Crippen molar-refractivity contribution in [1.82, 2.24) is 10.6 Å². The van der Waals surface area contributed by atoms with Gasteiger partial charge >= 0.3 is 5.97 Å². The molecule has 6 nitrogen and oxygen atoms in total. The first-order valence-corrected chi connectivity index (χ1v) is 5.37. The fourth-order valence-electron chi connectivity index (χ4n) is 1.15. The van der Waals surface area contributed by atoms with E-state index in [0.717, 1.165) is 6.54 Å². The molecule has 1 amide bonds. The van der Waals surface area contributed by atoms with Gasteiger partial charge in [0, 0.05) is 25.5 Å². The van der Waals surface area contributed by atoms with E-state index in [1.165, 1.54) is 0 Å². The quantitative estimate of drug-likeness (QED) is 0.438. The van der Waals surface area contributed by atoms with Gasteiger partial charge in [0.05, 0.1) is 0 Å². The molecule has 6 heteroatoms. The van der Waals surface area contributed by atoms with Gasteiger partial charge < -0.3 is 20.8 Å². The summed E-state index contributed by atoms with van der Waals surface area (Å²) in [5, 5.41) is 22.8. The zero-order valence-electron chi connectivity index (χ0n) is 9.69. The number of carboxylic acid groups (broad SMARTS) is 1. The first-order chi connectivity index (χ1) is 7.52. The molecule has 0 aliphatic carbocycles.